The number of hydrogen-bond donors (Lipinski definition) is 0. The van der Waals surface area contributed by atoms with Gasteiger partial charge in [-0.15, -0.1) is 0 Å². The number of carbonyl (C=O) groups is 2. The molecule has 7 nitrogen and oxygen atoms in total. The topological polar surface area (TPSA) is 80.3 Å². The zero-order chi connectivity index (χ0) is 27.6. The van der Waals surface area contributed by atoms with Gasteiger partial charge in [0, 0.05) is 0 Å². The lowest BCUT2D eigenvalue weighted by molar-refractivity contribution is -0.199. The quantitative estimate of drug-likeness (QED) is 0.248. The summed E-state index contributed by atoms with van der Waals surface area (Å²) in [4.78, 5) is 25.7. The van der Waals surface area contributed by atoms with Crippen molar-refractivity contribution in [2.24, 2.45) is 17.3 Å². The summed E-state index contributed by atoms with van der Waals surface area (Å²) in [6, 6.07) is 5.24. The number of para-hydroxylation sites is 1. The first-order valence-corrected chi connectivity index (χ1v) is 13.5. The van der Waals surface area contributed by atoms with E-state index in [-0.39, 0.29) is 41.4 Å². The number of ether oxygens (including phenoxy) is 3. The summed E-state index contributed by atoms with van der Waals surface area (Å²) in [5.41, 5.74) is -0.596. The minimum absolute atomic E-state index is 0.0439. The van der Waals surface area contributed by atoms with E-state index in [1.54, 1.807) is 53.7 Å². The third kappa shape index (κ3) is 5.56. The molecule has 8 heteroatoms. The van der Waals surface area contributed by atoms with Crippen molar-refractivity contribution in [3.63, 3.8) is 0 Å². The van der Waals surface area contributed by atoms with Crippen molar-refractivity contribution in [1.29, 1.82) is 0 Å². The average molecular weight is 514 g/mol. The highest BCUT2D eigenvalue weighted by Crippen LogP contribution is 2.66. The van der Waals surface area contributed by atoms with Crippen LogP contribution in [0.2, 0.25) is 5.82 Å². The zero-order valence-corrected chi connectivity index (χ0v) is 24.1. The summed E-state index contributed by atoms with van der Waals surface area (Å²) in [5.74, 6) is 0.699. The molecule has 4 fully saturated rings. The smallest absolute Gasteiger partial charge is 0.456 e. The van der Waals surface area contributed by atoms with Crippen molar-refractivity contribution >= 4 is 19.2 Å². The molecule has 1 saturated heterocycles. The Hall–Kier alpha value is -2.06. The van der Waals surface area contributed by atoms with Crippen LogP contribution >= 0.6 is 0 Å². The maximum absolute atomic E-state index is 13.1. The summed E-state index contributed by atoms with van der Waals surface area (Å²) in [7, 11) is -0.385. The molecule has 4 aliphatic rings. The van der Waals surface area contributed by atoms with Gasteiger partial charge in [0.2, 0.25) is 0 Å². The van der Waals surface area contributed by atoms with Crippen LogP contribution < -0.4 is 4.74 Å². The summed E-state index contributed by atoms with van der Waals surface area (Å²) < 4.78 is 29.8. The molecule has 1 aliphatic heterocycles. The molecule has 1 heterocycles. The van der Waals surface area contributed by atoms with Gasteiger partial charge in [0.1, 0.15) is 16.8 Å². The van der Waals surface area contributed by atoms with E-state index in [9.17, 15) is 9.59 Å². The number of benzene rings is 1. The van der Waals surface area contributed by atoms with Crippen molar-refractivity contribution in [2.75, 3.05) is 0 Å². The Morgan fingerprint density at radius 3 is 2.30 bits per heavy atom. The third-order valence-corrected chi connectivity index (χ3v) is 8.27. The van der Waals surface area contributed by atoms with Crippen LogP contribution in [0.15, 0.2) is 18.2 Å². The first-order chi connectivity index (χ1) is 16.9. The number of carbonyl (C=O) groups excluding carboxylic acids is 2. The van der Waals surface area contributed by atoms with Gasteiger partial charge >= 0.3 is 19.2 Å². The van der Waals surface area contributed by atoms with Crippen molar-refractivity contribution in [3.05, 3.63) is 29.3 Å². The highest BCUT2D eigenvalue weighted by atomic mass is 16.7. The molecule has 0 aromatic heterocycles. The average Bonchev–Trinajstić information content (AvgIpc) is 3.09. The molecule has 0 spiro atoms. The van der Waals surface area contributed by atoms with E-state index in [1.165, 1.54) is 6.42 Å². The maximum atomic E-state index is 13.1. The van der Waals surface area contributed by atoms with Crippen LogP contribution in [0.3, 0.4) is 0 Å². The van der Waals surface area contributed by atoms with Crippen molar-refractivity contribution in [2.45, 2.75) is 117 Å². The molecule has 5 atom stereocenters. The Labute approximate surface area is 222 Å². The van der Waals surface area contributed by atoms with Gasteiger partial charge in [0.25, 0.3) is 0 Å². The molecule has 0 amide bonds. The van der Waals surface area contributed by atoms with Gasteiger partial charge in [-0.05, 0) is 102 Å². The van der Waals surface area contributed by atoms with Gasteiger partial charge in [-0.3, -0.25) is 0 Å². The molecule has 204 valence electrons. The second-order valence-corrected chi connectivity index (χ2v) is 13.9. The molecule has 5 rings (SSSR count). The van der Waals surface area contributed by atoms with E-state index in [0.717, 1.165) is 6.42 Å². The molecule has 0 N–H and O–H groups in total. The lowest BCUT2D eigenvalue weighted by Gasteiger charge is -2.64. The Morgan fingerprint density at radius 2 is 1.70 bits per heavy atom. The zero-order valence-electron chi connectivity index (χ0n) is 24.1. The third-order valence-electron chi connectivity index (χ3n) is 8.27. The lowest BCUT2D eigenvalue weighted by atomic mass is 9.43. The van der Waals surface area contributed by atoms with Crippen LogP contribution in [-0.2, 0) is 25.2 Å². The number of esters is 1. The predicted molar refractivity (Wildman–Crippen MR) is 142 cm³/mol. The van der Waals surface area contributed by atoms with E-state index in [1.807, 2.05) is 6.07 Å². The van der Waals surface area contributed by atoms with E-state index in [0.29, 0.717) is 23.8 Å². The number of rotatable bonds is 5. The van der Waals surface area contributed by atoms with Crippen molar-refractivity contribution < 1.29 is 33.1 Å². The van der Waals surface area contributed by atoms with E-state index in [2.05, 4.69) is 27.7 Å². The Bertz CT molecular complexity index is 1050. The van der Waals surface area contributed by atoms with E-state index >= 15 is 0 Å². The van der Waals surface area contributed by atoms with Crippen molar-refractivity contribution in [3.8, 4) is 5.75 Å². The second-order valence-electron chi connectivity index (χ2n) is 13.9. The molecule has 1 aromatic carbocycles. The van der Waals surface area contributed by atoms with Crippen LogP contribution in [-0.4, -0.2) is 42.2 Å². The standard InChI is InChI=1S/C29H43BO7/c1-17(30-36-22-16-19-15-21(28(19,8)9)29(22,10)37-30)14-18-12-11-13-20(24(31)34-26(2,3)4)23(18)33-25(32)35-27(5,6)7/h11-13,17,19,21-22H,14-16H2,1-10H3/t17-,19+,21+,22?,29+/m1/s1. The second kappa shape index (κ2) is 9.30. The van der Waals surface area contributed by atoms with Gasteiger partial charge in [0.05, 0.1) is 11.7 Å². The molecule has 1 aromatic rings. The SMILES string of the molecule is C[C@H](Cc1cccc(C(=O)OC(C)(C)C)c1OC(=O)OC(C)(C)C)B1OC2C[C@@H]3C[C@@H](C3(C)C)[C@]2(C)O1. The van der Waals surface area contributed by atoms with Gasteiger partial charge in [-0.25, -0.2) is 9.59 Å². The number of hydrogen-bond acceptors (Lipinski definition) is 7. The summed E-state index contributed by atoms with van der Waals surface area (Å²) >= 11 is 0. The molecule has 1 unspecified atom stereocenters. The largest absolute Gasteiger partial charge is 0.514 e. The minimum atomic E-state index is -0.869. The van der Waals surface area contributed by atoms with Gasteiger partial charge < -0.3 is 23.5 Å². The van der Waals surface area contributed by atoms with Crippen LogP contribution in [0.4, 0.5) is 4.79 Å². The predicted octanol–water partition coefficient (Wildman–Crippen LogP) is 6.62. The normalized spacial score (nSPS) is 29.1. The van der Waals surface area contributed by atoms with Crippen LogP contribution in [0.5, 0.6) is 5.75 Å². The fourth-order valence-electron chi connectivity index (χ4n) is 6.30. The molecule has 2 bridgehead atoms. The molecular formula is C29H43BO7. The molecule has 37 heavy (non-hydrogen) atoms. The summed E-state index contributed by atoms with van der Waals surface area (Å²) in [6.07, 6.45) is 1.91. The Kier molecular flexibility index (Phi) is 7.03. The molecule has 0 radical (unpaired) electrons. The Balaban J connectivity index is 1.57. The molecule has 3 saturated carbocycles. The summed E-state index contributed by atoms with van der Waals surface area (Å²) in [6.45, 7) is 19.6. The fraction of sp³-hybridized carbons (Fsp3) is 0.724. The Morgan fingerprint density at radius 1 is 1.05 bits per heavy atom. The van der Waals surface area contributed by atoms with Crippen LogP contribution in [0.25, 0.3) is 0 Å². The fourth-order valence-corrected chi connectivity index (χ4v) is 6.30. The van der Waals surface area contributed by atoms with Crippen molar-refractivity contribution in [1.82, 2.24) is 0 Å². The maximum Gasteiger partial charge on any atom is 0.514 e. The van der Waals surface area contributed by atoms with Gasteiger partial charge in [-0.2, -0.15) is 0 Å². The van der Waals surface area contributed by atoms with Crippen LogP contribution in [0, 0.1) is 17.3 Å². The first-order valence-electron chi connectivity index (χ1n) is 13.5. The highest BCUT2D eigenvalue weighted by Gasteiger charge is 2.68. The van der Waals surface area contributed by atoms with Crippen LogP contribution in [0.1, 0.15) is 98.0 Å². The monoisotopic (exact) mass is 514 g/mol. The highest BCUT2D eigenvalue weighted by molar-refractivity contribution is 6.47. The summed E-state index contributed by atoms with van der Waals surface area (Å²) in [5, 5.41) is 0. The van der Waals surface area contributed by atoms with E-state index in [4.69, 9.17) is 23.5 Å². The first kappa shape index (κ1) is 28.0. The lowest BCUT2D eigenvalue weighted by Crippen LogP contribution is -2.65. The molecular weight excluding hydrogens is 471 g/mol. The van der Waals surface area contributed by atoms with Gasteiger partial charge in [0.15, 0.2) is 5.75 Å². The molecule has 3 aliphatic carbocycles. The minimum Gasteiger partial charge on any atom is -0.456 e. The van der Waals surface area contributed by atoms with E-state index < -0.39 is 23.3 Å². The van der Waals surface area contributed by atoms with Gasteiger partial charge in [-0.1, -0.05) is 32.9 Å².